The number of hydrogen-bond acceptors (Lipinski definition) is 5. The Bertz CT molecular complexity index is 300. The van der Waals surface area contributed by atoms with E-state index in [9.17, 15) is 15.0 Å². The van der Waals surface area contributed by atoms with E-state index in [1.807, 2.05) is 0 Å². The summed E-state index contributed by atoms with van der Waals surface area (Å²) in [6.07, 6.45) is -2.42. The van der Waals surface area contributed by atoms with Crippen molar-refractivity contribution in [3.8, 4) is 0 Å². The Balaban J connectivity index is 2.05. The van der Waals surface area contributed by atoms with Crippen molar-refractivity contribution in [2.75, 3.05) is 13.2 Å². The summed E-state index contributed by atoms with van der Waals surface area (Å²) >= 11 is 0. The van der Waals surface area contributed by atoms with Gasteiger partial charge < -0.3 is 25.4 Å². The lowest BCUT2D eigenvalue weighted by atomic mass is 10.0. The normalized spacial score (nSPS) is 42.7. The molecule has 0 radical (unpaired) electrons. The van der Waals surface area contributed by atoms with Gasteiger partial charge in [0.05, 0.1) is 12.7 Å². The highest BCUT2D eigenvalue weighted by atomic mass is 16.5. The minimum Gasteiger partial charge on any atom is -0.394 e. The van der Waals surface area contributed by atoms with E-state index in [1.54, 1.807) is 6.92 Å². The maximum absolute atomic E-state index is 11.7. The average molecular weight is 246 g/mol. The third-order valence-electron chi connectivity index (χ3n) is 3.37. The first-order chi connectivity index (χ1) is 8.04. The molecule has 2 fully saturated rings. The van der Waals surface area contributed by atoms with Gasteiger partial charge >= 0.3 is 6.03 Å². The smallest absolute Gasteiger partial charge is 0.321 e. The standard InChI is InChI=1S/C10H18N2O5/c1-5-8(15)6(4-13)17-9(5)12-3-2-7(14)11-10(12)16/h5-9,13-15H,2-4H2,1H3,(H,11,16)/t5-,6-,7+,8+,9?/m1/s1. The highest BCUT2D eigenvalue weighted by Gasteiger charge is 2.45. The first-order valence-electron chi connectivity index (χ1n) is 5.74. The summed E-state index contributed by atoms with van der Waals surface area (Å²) in [5.74, 6) is -0.270. The number of hydrogen-bond donors (Lipinski definition) is 4. The SMILES string of the molecule is C[C@H]1C(N2CC[C@H](O)NC2=O)O[C@H](CO)[C@H]1O. The van der Waals surface area contributed by atoms with Gasteiger partial charge in [0.2, 0.25) is 0 Å². The quantitative estimate of drug-likeness (QED) is 0.471. The van der Waals surface area contributed by atoms with Gasteiger partial charge in [-0.1, -0.05) is 6.92 Å². The van der Waals surface area contributed by atoms with Crippen molar-refractivity contribution in [2.24, 2.45) is 5.92 Å². The Morgan fingerprint density at radius 1 is 1.53 bits per heavy atom. The molecule has 0 aliphatic carbocycles. The van der Waals surface area contributed by atoms with Gasteiger partial charge in [-0.15, -0.1) is 0 Å². The van der Waals surface area contributed by atoms with Crippen LogP contribution in [0.1, 0.15) is 13.3 Å². The first-order valence-corrected chi connectivity index (χ1v) is 5.74. The molecule has 1 unspecified atom stereocenters. The second kappa shape index (κ2) is 4.77. The second-order valence-electron chi connectivity index (χ2n) is 4.54. The lowest BCUT2D eigenvalue weighted by Crippen LogP contribution is -2.56. The van der Waals surface area contributed by atoms with Crippen molar-refractivity contribution >= 4 is 6.03 Å². The lowest BCUT2D eigenvalue weighted by Gasteiger charge is -2.36. The molecule has 0 bridgehead atoms. The number of urea groups is 1. The summed E-state index contributed by atoms with van der Waals surface area (Å²) in [7, 11) is 0. The van der Waals surface area contributed by atoms with Gasteiger partial charge in [0.1, 0.15) is 18.6 Å². The Hall–Kier alpha value is -0.890. The number of rotatable bonds is 2. The summed E-state index contributed by atoms with van der Waals surface area (Å²) in [5.41, 5.74) is 0. The Morgan fingerprint density at radius 3 is 2.76 bits per heavy atom. The third-order valence-corrected chi connectivity index (χ3v) is 3.37. The maximum atomic E-state index is 11.7. The number of aliphatic hydroxyl groups is 3. The fourth-order valence-corrected chi connectivity index (χ4v) is 2.30. The van der Waals surface area contributed by atoms with E-state index in [0.717, 1.165) is 0 Å². The molecule has 0 spiro atoms. The fourth-order valence-electron chi connectivity index (χ4n) is 2.30. The lowest BCUT2D eigenvalue weighted by molar-refractivity contribution is -0.0775. The van der Waals surface area contributed by atoms with Crippen LogP contribution in [0.15, 0.2) is 0 Å². The van der Waals surface area contributed by atoms with Crippen molar-refractivity contribution in [2.45, 2.75) is 38.0 Å². The number of carbonyl (C=O) groups is 1. The monoisotopic (exact) mass is 246 g/mol. The van der Waals surface area contributed by atoms with Crippen molar-refractivity contribution in [1.82, 2.24) is 10.2 Å². The van der Waals surface area contributed by atoms with E-state index in [2.05, 4.69) is 5.32 Å². The maximum Gasteiger partial charge on any atom is 0.321 e. The molecule has 98 valence electrons. The molecule has 17 heavy (non-hydrogen) atoms. The van der Waals surface area contributed by atoms with Crippen LogP contribution in [-0.2, 0) is 4.74 Å². The van der Waals surface area contributed by atoms with Crippen LogP contribution in [0.4, 0.5) is 4.79 Å². The molecule has 0 aromatic carbocycles. The van der Waals surface area contributed by atoms with Crippen LogP contribution < -0.4 is 5.32 Å². The van der Waals surface area contributed by atoms with E-state index in [4.69, 9.17) is 9.84 Å². The number of nitrogens with zero attached hydrogens (tertiary/aromatic N) is 1. The van der Waals surface area contributed by atoms with Gasteiger partial charge in [-0.2, -0.15) is 0 Å². The minimum absolute atomic E-state index is 0.270. The van der Waals surface area contributed by atoms with Crippen LogP contribution in [-0.4, -0.2) is 64.1 Å². The second-order valence-corrected chi connectivity index (χ2v) is 4.54. The minimum atomic E-state index is -0.825. The predicted octanol–water partition coefficient (Wildman–Crippen LogP) is -1.57. The van der Waals surface area contributed by atoms with E-state index in [0.29, 0.717) is 13.0 Å². The van der Waals surface area contributed by atoms with Crippen LogP contribution >= 0.6 is 0 Å². The van der Waals surface area contributed by atoms with Crippen molar-refractivity contribution in [3.05, 3.63) is 0 Å². The summed E-state index contributed by atoms with van der Waals surface area (Å²) in [6.45, 7) is 1.86. The number of amides is 2. The highest BCUT2D eigenvalue weighted by molar-refractivity contribution is 5.75. The number of carbonyl (C=O) groups excluding carboxylic acids is 1. The van der Waals surface area contributed by atoms with Crippen LogP contribution in [0.3, 0.4) is 0 Å². The van der Waals surface area contributed by atoms with E-state index in [-0.39, 0.29) is 12.5 Å². The van der Waals surface area contributed by atoms with Crippen LogP contribution in [0.25, 0.3) is 0 Å². The van der Waals surface area contributed by atoms with Crippen LogP contribution in [0.5, 0.6) is 0 Å². The topological polar surface area (TPSA) is 102 Å². The molecule has 7 nitrogen and oxygen atoms in total. The van der Waals surface area contributed by atoms with E-state index < -0.39 is 30.7 Å². The number of nitrogens with one attached hydrogen (secondary N) is 1. The zero-order chi connectivity index (χ0) is 12.6. The van der Waals surface area contributed by atoms with Gasteiger partial charge in [0.25, 0.3) is 0 Å². The molecular formula is C10H18N2O5. The molecular weight excluding hydrogens is 228 g/mol. The van der Waals surface area contributed by atoms with Gasteiger partial charge in [0.15, 0.2) is 0 Å². The predicted molar refractivity (Wildman–Crippen MR) is 56.8 cm³/mol. The van der Waals surface area contributed by atoms with Crippen molar-refractivity contribution in [3.63, 3.8) is 0 Å². The molecule has 7 heteroatoms. The van der Waals surface area contributed by atoms with E-state index >= 15 is 0 Å². The number of ether oxygens (including phenoxy) is 1. The molecule has 2 aliphatic heterocycles. The van der Waals surface area contributed by atoms with Gasteiger partial charge in [-0.25, -0.2) is 4.79 Å². The summed E-state index contributed by atoms with van der Waals surface area (Å²) in [6, 6.07) is -0.411. The molecule has 2 saturated heterocycles. The molecule has 2 aliphatic rings. The molecule has 5 atom stereocenters. The Labute approximate surface area is 99.0 Å². The Morgan fingerprint density at radius 2 is 2.24 bits per heavy atom. The van der Waals surface area contributed by atoms with Crippen LogP contribution in [0, 0.1) is 5.92 Å². The zero-order valence-corrected chi connectivity index (χ0v) is 9.61. The molecule has 2 heterocycles. The van der Waals surface area contributed by atoms with Gasteiger partial charge in [-0.3, -0.25) is 4.90 Å². The Kier molecular flexibility index (Phi) is 3.53. The summed E-state index contributed by atoms with van der Waals surface area (Å²) < 4.78 is 5.46. The average Bonchev–Trinajstić information content (AvgIpc) is 2.57. The van der Waals surface area contributed by atoms with Gasteiger partial charge in [-0.05, 0) is 0 Å². The molecule has 2 rings (SSSR count). The number of aliphatic hydroxyl groups excluding tert-OH is 3. The third kappa shape index (κ3) is 2.23. The van der Waals surface area contributed by atoms with Crippen LogP contribution in [0.2, 0.25) is 0 Å². The summed E-state index contributed by atoms with van der Waals surface area (Å²) in [4.78, 5) is 13.1. The largest absolute Gasteiger partial charge is 0.394 e. The molecule has 2 amide bonds. The molecule has 0 saturated carbocycles. The first kappa shape index (κ1) is 12.6. The van der Waals surface area contributed by atoms with Crippen molar-refractivity contribution < 1.29 is 24.9 Å². The molecule has 0 aromatic rings. The zero-order valence-electron chi connectivity index (χ0n) is 9.61. The molecule has 0 aromatic heterocycles. The van der Waals surface area contributed by atoms with E-state index in [1.165, 1.54) is 4.90 Å². The fraction of sp³-hybridized carbons (Fsp3) is 0.900. The molecule has 4 N–H and O–H groups in total. The summed E-state index contributed by atoms with van der Waals surface area (Å²) in [5, 5.41) is 30.5. The van der Waals surface area contributed by atoms with Crippen molar-refractivity contribution in [1.29, 1.82) is 0 Å². The van der Waals surface area contributed by atoms with Gasteiger partial charge in [0, 0.05) is 18.9 Å². The highest BCUT2D eigenvalue weighted by Crippen LogP contribution is 2.30.